The van der Waals surface area contributed by atoms with Gasteiger partial charge in [0, 0.05) is 34.8 Å². The minimum Gasteiger partial charge on any atom is -0.346 e. The number of carbonyl (C=O) groups excluding carboxylic acids is 1. The van der Waals surface area contributed by atoms with Gasteiger partial charge in [-0.05, 0) is 75.3 Å². The second-order valence-electron chi connectivity index (χ2n) is 11.9. The molecule has 1 fully saturated rings. The van der Waals surface area contributed by atoms with E-state index in [0.29, 0.717) is 23.7 Å². The van der Waals surface area contributed by atoms with Crippen molar-refractivity contribution in [3.63, 3.8) is 0 Å². The van der Waals surface area contributed by atoms with E-state index in [-0.39, 0.29) is 17.5 Å². The van der Waals surface area contributed by atoms with Gasteiger partial charge in [0.1, 0.15) is 6.17 Å². The first-order valence-electron chi connectivity index (χ1n) is 15.0. The monoisotopic (exact) mass is 578 g/mol. The molecule has 0 bridgehead atoms. The lowest BCUT2D eigenvalue weighted by Crippen LogP contribution is -2.52. The van der Waals surface area contributed by atoms with Crippen LogP contribution in [0.5, 0.6) is 0 Å². The number of likely N-dealkylation sites (tertiary alicyclic amines) is 1. The Morgan fingerprint density at radius 2 is 1.35 bits per heavy atom. The Hall–Kier alpha value is -4.60. The average molecular weight is 579 g/mol. The molecule has 8 rings (SSSR count). The van der Waals surface area contributed by atoms with Crippen LogP contribution in [-0.2, 0) is 18.4 Å². The largest absolute Gasteiger partial charge is 0.346 e. The molecule has 3 nitrogen and oxygen atoms in total. The number of halogens is 1. The Labute approximate surface area is 256 Å². The lowest BCUT2D eigenvalue weighted by atomic mass is 9.73. The number of rotatable bonds is 5. The maximum atomic E-state index is 14.4. The zero-order chi connectivity index (χ0) is 29.0. The summed E-state index contributed by atoms with van der Waals surface area (Å²) in [5, 5.41) is 5.58. The van der Waals surface area contributed by atoms with E-state index < -0.39 is 0 Å². The number of para-hydroxylation sites is 1. The highest BCUT2D eigenvalue weighted by atomic mass is 35.5. The van der Waals surface area contributed by atoms with Crippen molar-refractivity contribution in [1.29, 1.82) is 0 Å². The Kier molecular flexibility index (Phi) is 6.24. The molecule has 0 aromatic heterocycles. The van der Waals surface area contributed by atoms with Gasteiger partial charge in [-0.15, -0.1) is 0 Å². The van der Waals surface area contributed by atoms with Crippen LogP contribution in [0.15, 0.2) is 133 Å². The van der Waals surface area contributed by atoms with E-state index in [0.717, 1.165) is 12.8 Å². The number of nitrogens with zero attached hydrogens (tertiary/aromatic N) is 2. The maximum absolute atomic E-state index is 14.4. The summed E-state index contributed by atoms with van der Waals surface area (Å²) in [6, 6.07) is 46.6. The summed E-state index contributed by atoms with van der Waals surface area (Å²) in [6.07, 6.45) is 1.59. The predicted molar refractivity (Wildman–Crippen MR) is 177 cm³/mol. The van der Waals surface area contributed by atoms with Crippen LogP contribution in [0.1, 0.15) is 33.5 Å². The molecule has 4 heteroatoms. The van der Waals surface area contributed by atoms with Gasteiger partial charge in [0.25, 0.3) is 5.91 Å². The predicted octanol–water partition coefficient (Wildman–Crippen LogP) is 9.02. The van der Waals surface area contributed by atoms with E-state index in [2.05, 4.69) is 119 Å². The van der Waals surface area contributed by atoms with E-state index in [9.17, 15) is 4.79 Å². The van der Waals surface area contributed by atoms with Gasteiger partial charge in [-0.1, -0.05) is 121 Å². The molecule has 43 heavy (non-hydrogen) atoms. The Morgan fingerprint density at radius 3 is 2.12 bits per heavy atom. The second kappa shape index (κ2) is 10.3. The first-order valence-corrected chi connectivity index (χ1v) is 15.4. The van der Waals surface area contributed by atoms with E-state index in [1.54, 1.807) is 6.07 Å². The van der Waals surface area contributed by atoms with Crippen molar-refractivity contribution in [1.82, 2.24) is 4.90 Å². The zero-order valence-electron chi connectivity index (χ0n) is 23.8. The summed E-state index contributed by atoms with van der Waals surface area (Å²) in [6.45, 7) is 1.39. The molecule has 1 saturated heterocycles. The average Bonchev–Trinajstić information content (AvgIpc) is 3.54. The zero-order valence-corrected chi connectivity index (χ0v) is 24.5. The second-order valence-corrected chi connectivity index (χ2v) is 12.3. The van der Waals surface area contributed by atoms with Crippen molar-refractivity contribution in [2.45, 2.75) is 31.0 Å². The molecule has 2 atom stereocenters. The first kappa shape index (κ1) is 26.1. The highest BCUT2D eigenvalue weighted by molar-refractivity contribution is 6.31. The topological polar surface area (TPSA) is 23.6 Å². The fraction of sp³-hybridized carbons (Fsp3) is 0.154. The number of benzene rings is 6. The lowest BCUT2D eigenvalue weighted by molar-refractivity contribution is 0.0709. The Bertz CT molecular complexity index is 2010. The van der Waals surface area contributed by atoms with Crippen molar-refractivity contribution < 1.29 is 4.79 Å². The van der Waals surface area contributed by atoms with Gasteiger partial charge in [0.2, 0.25) is 0 Å². The fourth-order valence-corrected chi connectivity index (χ4v) is 7.92. The summed E-state index contributed by atoms with van der Waals surface area (Å²) < 4.78 is 0. The fourth-order valence-electron chi connectivity index (χ4n) is 7.73. The van der Waals surface area contributed by atoms with Crippen LogP contribution in [-0.4, -0.2) is 23.5 Å². The molecule has 0 aliphatic carbocycles. The van der Waals surface area contributed by atoms with Crippen LogP contribution in [0, 0.1) is 0 Å². The van der Waals surface area contributed by atoms with Gasteiger partial charge >= 0.3 is 0 Å². The van der Waals surface area contributed by atoms with Gasteiger partial charge < -0.3 is 9.80 Å². The molecule has 0 radical (unpaired) electrons. The lowest BCUT2D eigenvalue weighted by Gasteiger charge is -2.39. The summed E-state index contributed by atoms with van der Waals surface area (Å²) in [5.41, 5.74) is 5.49. The third kappa shape index (κ3) is 4.22. The molecule has 2 heterocycles. The molecule has 0 saturated carbocycles. The van der Waals surface area contributed by atoms with Crippen molar-refractivity contribution >= 4 is 44.7 Å². The quantitative estimate of drug-likeness (QED) is 0.204. The van der Waals surface area contributed by atoms with Crippen LogP contribution in [0.4, 0.5) is 5.69 Å². The minimum absolute atomic E-state index is 0.0306. The number of hydrogen-bond acceptors (Lipinski definition) is 2. The number of anilines is 1. The minimum atomic E-state index is -0.264. The van der Waals surface area contributed by atoms with Crippen LogP contribution in [0.2, 0.25) is 5.02 Å². The number of hydrogen-bond donors (Lipinski definition) is 0. The summed E-state index contributed by atoms with van der Waals surface area (Å²) in [4.78, 5) is 19.0. The van der Waals surface area contributed by atoms with Crippen LogP contribution >= 0.6 is 11.6 Å². The summed E-state index contributed by atoms with van der Waals surface area (Å²) >= 11 is 6.38. The molecule has 6 aromatic carbocycles. The van der Waals surface area contributed by atoms with E-state index in [4.69, 9.17) is 11.6 Å². The molecule has 0 spiro atoms. The highest BCUT2D eigenvalue weighted by Crippen LogP contribution is 2.55. The van der Waals surface area contributed by atoms with E-state index in [1.807, 2.05) is 18.2 Å². The standard InChI is InChI=1S/C39H31ClN2O/c40-32-17-9-14-29(24-32)37(43)41-23-22-39(25-30-15-7-12-27-10-1-3-18-33(27)30)35-20-5-6-21-36(35)42(38(39)41)26-31-16-8-13-28-11-2-4-19-34(28)31/h1-21,24,38H,22-23,25-26H2. The smallest absolute Gasteiger partial charge is 0.255 e. The number of fused-ring (bicyclic) bond motifs is 5. The number of carbonyl (C=O) groups is 1. The van der Waals surface area contributed by atoms with Crippen molar-refractivity contribution in [3.05, 3.63) is 161 Å². The molecule has 0 N–H and O–H groups in total. The normalized spacial score (nSPS) is 19.1. The molecule has 2 unspecified atom stereocenters. The molecule has 210 valence electrons. The molecule has 6 aromatic rings. The molecular weight excluding hydrogens is 548 g/mol. The van der Waals surface area contributed by atoms with Gasteiger partial charge in [-0.2, -0.15) is 0 Å². The van der Waals surface area contributed by atoms with E-state index >= 15 is 0 Å². The van der Waals surface area contributed by atoms with Crippen LogP contribution < -0.4 is 4.90 Å². The van der Waals surface area contributed by atoms with Gasteiger partial charge in [0.05, 0.1) is 0 Å². The van der Waals surface area contributed by atoms with Crippen molar-refractivity contribution in [2.75, 3.05) is 11.4 Å². The molecular formula is C39H31ClN2O. The Morgan fingerprint density at radius 1 is 0.721 bits per heavy atom. The van der Waals surface area contributed by atoms with Crippen molar-refractivity contribution in [2.24, 2.45) is 0 Å². The Balaban J connectivity index is 1.30. The number of amides is 1. The first-order chi connectivity index (χ1) is 21.1. The van der Waals surface area contributed by atoms with Gasteiger partial charge in [0.15, 0.2) is 0 Å². The van der Waals surface area contributed by atoms with E-state index in [1.165, 1.54) is 43.9 Å². The maximum Gasteiger partial charge on any atom is 0.255 e. The van der Waals surface area contributed by atoms with Crippen molar-refractivity contribution in [3.8, 4) is 0 Å². The van der Waals surface area contributed by atoms with Crippen LogP contribution in [0.3, 0.4) is 0 Å². The highest BCUT2D eigenvalue weighted by Gasteiger charge is 2.58. The molecule has 2 aliphatic rings. The van der Waals surface area contributed by atoms with Crippen LogP contribution in [0.25, 0.3) is 21.5 Å². The third-order valence-corrected chi connectivity index (χ3v) is 9.81. The molecule has 2 aliphatic heterocycles. The SMILES string of the molecule is O=C(c1cccc(Cl)c1)N1CCC2(Cc3cccc4ccccc34)c3ccccc3N(Cc3cccc4ccccc34)C12. The van der Waals surface area contributed by atoms with Gasteiger partial charge in [-0.25, -0.2) is 0 Å². The summed E-state index contributed by atoms with van der Waals surface area (Å²) in [7, 11) is 0. The third-order valence-electron chi connectivity index (χ3n) is 9.57. The summed E-state index contributed by atoms with van der Waals surface area (Å²) in [5.74, 6) is 0.0306. The van der Waals surface area contributed by atoms with Gasteiger partial charge in [-0.3, -0.25) is 4.79 Å². The molecule has 1 amide bonds.